The van der Waals surface area contributed by atoms with E-state index in [4.69, 9.17) is 0 Å². The Morgan fingerprint density at radius 3 is 2.45 bits per heavy atom. The van der Waals surface area contributed by atoms with E-state index >= 15 is 0 Å². The molecule has 172 valence electrons. The lowest BCUT2D eigenvalue weighted by molar-refractivity contribution is -0.139. The van der Waals surface area contributed by atoms with E-state index in [0.717, 1.165) is 11.1 Å². The standard InChI is InChI=1S/C25H29N5O3/c1-15(2)18-6-8-19(9-7-18)22-21(23(31)20-16(3)27-28-17(20)4)24(32)25(33)30(22)12-5-11-29-13-10-26-14-29/h6-10,13-15,22,31H,5,11-12H2,1-4H3,(H,27,28)/b23-21+/t22-/m0/s1. The van der Waals surface area contributed by atoms with Gasteiger partial charge in [0.2, 0.25) is 0 Å². The Hall–Kier alpha value is -3.68. The molecule has 4 rings (SSSR count). The third kappa shape index (κ3) is 4.20. The van der Waals surface area contributed by atoms with Gasteiger partial charge in [0, 0.05) is 31.2 Å². The highest BCUT2D eigenvalue weighted by Gasteiger charge is 2.46. The zero-order valence-electron chi connectivity index (χ0n) is 19.4. The van der Waals surface area contributed by atoms with Crippen molar-refractivity contribution in [1.29, 1.82) is 0 Å². The Morgan fingerprint density at radius 2 is 1.88 bits per heavy atom. The van der Waals surface area contributed by atoms with Crippen LogP contribution >= 0.6 is 0 Å². The number of ketones is 1. The van der Waals surface area contributed by atoms with E-state index < -0.39 is 17.7 Å². The van der Waals surface area contributed by atoms with Crippen molar-refractivity contribution in [3.8, 4) is 0 Å². The van der Waals surface area contributed by atoms with Crippen LogP contribution in [-0.2, 0) is 16.1 Å². The van der Waals surface area contributed by atoms with Crippen LogP contribution in [-0.4, -0.2) is 48.0 Å². The average Bonchev–Trinajstić information content (AvgIpc) is 3.49. The number of hydrogen-bond acceptors (Lipinski definition) is 5. The van der Waals surface area contributed by atoms with Gasteiger partial charge in [0.1, 0.15) is 5.76 Å². The fraction of sp³-hybridized carbons (Fsp3) is 0.360. The Balaban J connectivity index is 1.76. The first-order valence-corrected chi connectivity index (χ1v) is 11.2. The van der Waals surface area contributed by atoms with E-state index in [1.165, 1.54) is 0 Å². The van der Waals surface area contributed by atoms with Crippen LogP contribution < -0.4 is 0 Å². The number of amides is 1. The lowest BCUT2D eigenvalue weighted by atomic mass is 9.93. The first kappa shape index (κ1) is 22.5. The summed E-state index contributed by atoms with van der Waals surface area (Å²) in [6, 6.07) is 7.25. The summed E-state index contributed by atoms with van der Waals surface area (Å²) in [5.41, 5.74) is 3.75. The molecule has 1 amide bonds. The van der Waals surface area contributed by atoms with Gasteiger partial charge in [0.25, 0.3) is 11.7 Å². The molecule has 1 atom stereocenters. The summed E-state index contributed by atoms with van der Waals surface area (Å²) in [6.07, 6.45) is 5.94. The molecular weight excluding hydrogens is 418 g/mol. The first-order valence-electron chi connectivity index (χ1n) is 11.2. The lowest BCUT2D eigenvalue weighted by Crippen LogP contribution is -2.31. The molecule has 0 spiro atoms. The zero-order valence-corrected chi connectivity index (χ0v) is 19.4. The molecule has 0 aliphatic carbocycles. The quantitative estimate of drug-likeness (QED) is 0.325. The topological polar surface area (TPSA) is 104 Å². The van der Waals surface area contributed by atoms with Gasteiger partial charge in [-0.1, -0.05) is 38.1 Å². The molecule has 1 saturated heterocycles. The highest BCUT2D eigenvalue weighted by atomic mass is 16.3. The molecule has 1 fully saturated rings. The number of likely N-dealkylation sites (tertiary alicyclic amines) is 1. The maximum atomic E-state index is 13.2. The molecule has 0 bridgehead atoms. The second kappa shape index (κ2) is 9.05. The molecule has 2 aromatic heterocycles. The number of rotatable bonds is 7. The molecular formula is C25H29N5O3. The highest BCUT2D eigenvalue weighted by Crippen LogP contribution is 2.40. The lowest BCUT2D eigenvalue weighted by Gasteiger charge is -2.25. The predicted molar refractivity (Wildman–Crippen MR) is 124 cm³/mol. The number of aliphatic hydroxyl groups excluding tert-OH is 1. The number of aliphatic hydroxyl groups is 1. The van der Waals surface area contributed by atoms with Crippen LogP contribution in [0, 0.1) is 13.8 Å². The molecule has 8 heteroatoms. The number of Topliss-reactive ketones (excluding diaryl/α,β-unsaturated/α-hetero) is 1. The van der Waals surface area contributed by atoms with E-state index in [0.29, 0.717) is 42.4 Å². The van der Waals surface area contributed by atoms with Gasteiger partial charge in [-0.2, -0.15) is 5.10 Å². The van der Waals surface area contributed by atoms with E-state index in [9.17, 15) is 14.7 Å². The molecule has 0 saturated carbocycles. The van der Waals surface area contributed by atoms with E-state index in [1.54, 1.807) is 31.3 Å². The Kier molecular flexibility index (Phi) is 6.18. The summed E-state index contributed by atoms with van der Waals surface area (Å²) < 4.78 is 1.93. The van der Waals surface area contributed by atoms with E-state index in [-0.39, 0.29) is 11.3 Å². The molecule has 33 heavy (non-hydrogen) atoms. The smallest absolute Gasteiger partial charge is 0.295 e. The van der Waals surface area contributed by atoms with Crippen LogP contribution in [0.15, 0.2) is 48.6 Å². The van der Waals surface area contributed by atoms with Crippen LogP contribution in [0.3, 0.4) is 0 Å². The number of aromatic nitrogens is 4. The number of imidazole rings is 1. The van der Waals surface area contributed by atoms with Crippen LogP contribution in [0.5, 0.6) is 0 Å². The van der Waals surface area contributed by atoms with Gasteiger partial charge in [0.15, 0.2) is 0 Å². The second-order valence-electron chi connectivity index (χ2n) is 8.78. The van der Waals surface area contributed by atoms with Gasteiger partial charge in [-0.25, -0.2) is 4.98 Å². The van der Waals surface area contributed by atoms with Gasteiger partial charge in [0.05, 0.1) is 29.2 Å². The van der Waals surface area contributed by atoms with Crippen molar-refractivity contribution in [2.45, 2.75) is 52.6 Å². The minimum Gasteiger partial charge on any atom is -0.507 e. The predicted octanol–water partition coefficient (Wildman–Crippen LogP) is 3.86. The molecule has 1 aromatic carbocycles. The maximum absolute atomic E-state index is 13.2. The Morgan fingerprint density at radius 1 is 1.15 bits per heavy atom. The zero-order chi connectivity index (χ0) is 23.7. The van der Waals surface area contributed by atoms with Crippen molar-refractivity contribution >= 4 is 17.4 Å². The van der Waals surface area contributed by atoms with Crippen molar-refractivity contribution in [3.05, 3.63) is 76.6 Å². The Labute approximate surface area is 193 Å². The summed E-state index contributed by atoms with van der Waals surface area (Å²) in [5, 5.41) is 18.2. The Bertz CT molecular complexity index is 1170. The third-order valence-electron chi connectivity index (χ3n) is 6.20. The number of carbonyl (C=O) groups is 2. The van der Waals surface area contributed by atoms with Gasteiger partial charge >= 0.3 is 0 Å². The minimum atomic E-state index is -0.673. The van der Waals surface area contributed by atoms with Gasteiger partial charge < -0.3 is 14.6 Å². The number of aromatic amines is 1. The summed E-state index contributed by atoms with van der Waals surface area (Å²) in [7, 11) is 0. The average molecular weight is 448 g/mol. The van der Waals surface area contributed by atoms with Crippen LogP contribution in [0.2, 0.25) is 0 Å². The normalized spacial score (nSPS) is 18.0. The van der Waals surface area contributed by atoms with Gasteiger partial charge in [-0.15, -0.1) is 0 Å². The number of nitrogens with one attached hydrogen (secondary N) is 1. The number of aryl methyl sites for hydroxylation is 3. The molecule has 1 aliphatic rings. The second-order valence-corrected chi connectivity index (χ2v) is 8.78. The summed E-state index contributed by atoms with van der Waals surface area (Å²) in [5.74, 6) is -1.10. The van der Waals surface area contributed by atoms with Crippen molar-refractivity contribution in [3.63, 3.8) is 0 Å². The SMILES string of the molecule is Cc1n[nH]c(C)c1/C(O)=C1\C(=O)C(=O)N(CCCn2ccnc2)[C@H]1c1ccc(C(C)C)cc1. The molecule has 2 N–H and O–H groups in total. The van der Waals surface area contributed by atoms with E-state index in [2.05, 4.69) is 29.0 Å². The number of H-pyrrole nitrogens is 1. The first-order chi connectivity index (χ1) is 15.8. The molecule has 3 aromatic rings. The minimum absolute atomic E-state index is 0.104. The monoisotopic (exact) mass is 447 g/mol. The fourth-order valence-corrected chi connectivity index (χ4v) is 4.40. The van der Waals surface area contributed by atoms with Crippen LogP contribution in [0.4, 0.5) is 0 Å². The maximum Gasteiger partial charge on any atom is 0.295 e. The number of hydrogen-bond donors (Lipinski definition) is 2. The third-order valence-corrected chi connectivity index (χ3v) is 6.20. The molecule has 3 heterocycles. The summed E-state index contributed by atoms with van der Waals surface area (Å²) >= 11 is 0. The fourth-order valence-electron chi connectivity index (χ4n) is 4.40. The molecule has 0 unspecified atom stereocenters. The molecule has 8 nitrogen and oxygen atoms in total. The van der Waals surface area contributed by atoms with Crippen LogP contribution in [0.1, 0.15) is 60.3 Å². The molecule has 0 radical (unpaired) electrons. The largest absolute Gasteiger partial charge is 0.507 e. The number of benzene rings is 1. The number of nitrogens with zero attached hydrogens (tertiary/aromatic N) is 4. The summed E-state index contributed by atoms with van der Waals surface area (Å²) in [6.45, 7) is 8.81. The molecule has 1 aliphatic heterocycles. The highest BCUT2D eigenvalue weighted by molar-refractivity contribution is 6.46. The van der Waals surface area contributed by atoms with Crippen LogP contribution in [0.25, 0.3) is 5.76 Å². The van der Waals surface area contributed by atoms with Crippen molar-refractivity contribution in [2.24, 2.45) is 0 Å². The van der Waals surface area contributed by atoms with Crippen molar-refractivity contribution in [2.75, 3.05) is 6.54 Å². The van der Waals surface area contributed by atoms with Gasteiger partial charge in [-0.05, 0) is 37.3 Å². The van der Waals surface area contributed by atoms with Crippen molar-refractivity contribution < 1.29 is 14.7 Å². The van der Waals surface area contributed by atoms with Gasteiger partial charge in [-0.3, -0.25) is 14.7 Å². The van der Waals surface area contributed by atoms with E-state index in [1.807, 2.05) is 35.0 Å². The number of carbonyl (C=O) groups excluding carboxylic acids is 2. The van der Waals surface area contributed by atoms with Crippen molar-refractivity contribution in [1.82, 2.24) is 24.6 Å². The summed E-state index contributed by atoms with van der Waals surface area (Å²) in [4.78, 5) is 31.9.